The van der Waals surface area contributed by atoms with Gasteiger partial charge in [-0.2, -0.15) is 0 Å². The first-order valence-electron chi connectivity index (χ1n) is 12.4. The van der Waals surface area contributed by atoms with Gasteiger partial charge in [-0.25, -0.2) is 4.98 Å². The molecule has 0 bridgehead atoms. The van der Waals surface area contributed by atoms with E-state index in [2.05, 4.69) is 48.0 Å². The fourth-order valence-corrected chi connectivity index (χ4v) is 5.52. The molecule has 3 aromatic rings. The van der Waals surface area contributed by atoms with Crippen molar-refractivity contribution in [3.63, 3.8) is 0 Å². The van der Waals surface area contributed by atoms with Gasteiger partial charge in [-0.15, -0.1) is 0 Å². The van der Waals surface area contributed by atoms with Crippen LogP contribution in [0, 0.1) is 13.8 Å². The lowest BCUT2D eigenvalue weighted by molar-refractivity contribution is 0.0947. The molecule has 1 aromatic heterocycles. The maximum atomic E-state index is 12.5. The van der Waals surface area contributed by atoms with Crippen molar-refractivity contribution in [3.05, 3.63) is 53.1 Å². The molecule has 0 spiro atoms. The van der Waals surface area contributed by atoms with E-state index in [1.165, 1.54) is 28.7 Å². The van der Waals surface area contributed by atoms with Crippen molar-refractivity contribution < 1.29 is 9.53 Å². The Morgan fingerprint density at radius 1 is 1.09 bits per heavy atom. The first kappa shape index (κ1) is 24.5. The molecule has 4 rings (SSSR count). The van der Waals surface area contributed by atoms with Crippen LogP contribution in [0.25, 0.3) is 10.2 Å². The number of piperazine rings is 1. The Labute approximate surface area is 206 Å². The summed E-state index contributed by atoms with van der Waals surface area (Å²) >= 11 is 1.79. The van der Waals surface area contributed by atoms with Crippen LogP contribution in [-0.2, 0) is 0 Å². The number of aryl methyl sites for hydroxylation is 2. The summed E-state index contributed by atoms with van der Waals surface area (Å²) < 4.78 is 7.00. The Morgan fingerprint density at radius 2 is 1.85 bits per heavy atom. The molecule has 1 amide bonds. The van der Waals surface area contributed by atoms with Gasteiger partial charge in [0.25, 0.3) is 5.91 Å². The van der Waals surface area contributed by atoms with E-state index in [4.69, 9.17) is 9.72 Å². The van der Waals surface area contributed by atoms with E-state index < -0.39 is 0 Å². The van der Waals surface area contributed by atoms with E-state index in [1.807, 2.05) is 24.3 Å². The number of rotatable bonds is 10. The number of nitrogens with zero attached hydrogens (tertiary/aromatic N) is 3. The SMILES string of the molecule is CCCCCOc1ccc(C(=O)NCCN2CCN(c3nc4c(C)cc(C)cc4s3)CC2)cc1. The topological polar surface area (TPSA) is 57.7 Å². The summed E-state index contributed by atoms with van der Waals surface area (Å²) in [5, 5.41) is 4.17. The summed E-state index contributed by atoms with van der Waals surface area (Å²) in [5.41, 5.74) is 4.35. The number of benzene rings is 2. The van der Waals surface area contributed by atoms with Crippen LogP contribution in [0.3, 0.4) is 0 Å². The van der Waals surface area contributed by atoms with Gasteiger partial charge in [-0.3, -0.25) is 9.69 Å². The zero-order valence-corrected chi connectivity index (χ0v) is 21.4. The Morgan fingerprint density at radius 3 is 2.59 bits per heavy atom. The minimum atomic E-state index is -0.0312. The molecule has 1 aliphatic heterocycles. The number of unbranched alkanes of at least 4 members (excludes halogenated alkanes) is 2. The number of thiazole rings is 1. The summed E-state index contributed by atoms with van der Waals surface area (Å²) in [5.74, 6) is 0.792. The molecule has 0 unspecified atom stereocenters. The molecule has 1 saturated heterocycles. The number of hydrogen-bond acceptors (Lipinski definition) is 6. The van der Waals surface area contributed by atoms with Crippen molar-refractivity contribution in [1.29, 1.82) is 0 Å². The lowest BCUT2D eigenvalue weighted by Gasteiger charge is -2.34. The fraction of sp³-hybridized carbons (Fsp3) is 0.481. The number of amides is 1. The Bertz CT molecular complexity index is 1090. The number of fused-ring (bicyclic) bond motifs is 1. The van der Waals surface area contributed by atoms with E-state index in [9.17, 15) is 4.79 Å². The summed E-state index contributed by atoms with van der Waals surface area (Å²) in [4.78, 5) is 22.2. The maximum absolute atomic E-state index is 12.5. The third kappa shape index (κ3) is 6.27. The number of ether oxygens (including phenoxy) is 1. The molecule has 0 saturated carbocycles. The number of carbonyl (C=O) groups is 1. The predicted octanol–water partition coefficient (Wildman–Crippen LogP) is 5.03. The number of nitrogens with one attached hydrogen (secondary N) is 1. The maximum Gasteiger partial charge on any atom is 0.251 e. The summed E-state index contributed by atoms with van der Waals surface area (Å²) in [6.07, 6.45) is 3.42. The molecular formula is C27H36N4O2S. The van der Waals surface area contributed by atoms with Crippen molar-refractivity contribution in [2.45, 2.75) is 40.0 Å². The zero-order valence-electron chi connectivity index (χ0n) is 20.6. The average molecular weight is 481 g/mol. The summed E-state index contributed by atoms with van der Waals surface area (Å²) in [7, 11) is 0. The molecular weight excluding hydrogens is 444 g/mol. The number of anilines is 1. The van der Waals surface area contributed by atoms with Gasteiger partial charge in [0.1, 0.15) is 5.75 Å². The molecule has 7 heteroatoms. The second-order valence-electron chi connectivity index (χ2n) is 9.09. The molecule has 0 aliphatic carbocycles. The van der Waals surface area contributed by atoms with Gasteiger partial charge in [-0.05, 0) is 61.7 Å². The van der Waals surface area contributed by atoms with Crippen LogP contribution in [0.5, 0.6) is 5.75 Å². The largest absolute Gasteiger partial charge is 0.494 e. The number of aromatic nitrogens is 1. The van der Waals surface area contributed by atoms with Crippen LogP contribution in [0.4, 0.5) is 5.13 Å². The van der Waals surface area contributed by atoms with Gasteiger partial charge in [0.05, 0.1) is 16.8 Å². The van der Waals surface area contributed by atoms with E-state index in [0.29, 0.717) is 12.1 Å². The van der Waals surface area contributed by atoms with Gasteiger partial charge >= 0.3 is 0 Å². The first-order valence-corrected chi connectivity index (χ1v) is 13.2. The Kier molecular flexibility index (Phi) is 8.40. The van der Waals surface area contributed by atoms with Crippen LogP contribution >= 0.6 is 11.3 Å². The van der Waals surface area contributed by atoms with Crippen molar-refractivity contribution in [2.75, 3.05) is 50.8 Å². The average Bonchev–Trinajstić information content (AvgIpc) is 3.27. The molecule has 1 aliphatic rings. The molecule has 2 heterocycles. The highest BCUT2D eigenvalue weighted by Gasteiger charge is 2.20. The molecule has 1 N–H and O–H groups in total. The predicted molar refractivity (Wildman–Crippen MR) is 142 cm³/mol. The van der Waals surface area contributed by atoms with Crippen molar-refractivity contribution in [1.82, 2.24) is 15.2 Å². The first-order chi connectivity index (χ1) is 16.5. The van der Waals surface area contributed by atoms with Crippen LogP contribution in [0.15, 0.2) is 36.4 Å². The molecule has 2 aromatic carbocycles. The second kappa shape index (κ2) is 11.7. The highest BCUT2D eigenvalue weighted by atomic mass is 32.1. The van der Waals surface area contributed by atoms with E-state index in [0.717, 1.165) is 62.1 Å². The van der Waals surface area contributed by atoms with E-state index in [1.54, 1.807) is 11.3 Å². The van der Waals surface area contributed by atoms with E-state index in [-0.39, 0.29) is 5.91 Å². The molecule has 0 radical (unpaired) electrons. The quantitative estimate of drug-likeness (QED) is 0.412. The molecule has 6 nitrogen and oxygen atoms in total. The second-order valence-corrected chi connectivity index (χ2v) is 10.1. The van der Waals surface area contributed by atoms with Crippen LogP contribution < -0.4 is 15.0 Å². The van der Waals surface area contributed by atoms with Crippen molar-refractivity contribution >= 4 is 32.6 Å². The van der Waals surface area contributed by atoms with Gasteiger partial charge in [0, 0.05) is 44.8 Å². The monoisotopic (exact) mass is 480 g/mol. The van der Waals surface area contributed by atoms with Crippen LogP contribution in [0.1, 0.15) is 47.7 Å². The number of hydrogen-bond donors (Lipinski definition) is 1. The van der Waals surface area contributed by atoms with Gasteiger partial charge in [-0.1, -0.05) is 37.2 Å². The molecule has 1 fully saturated rings. The van der Waals surface area contributed by atoms with E-state index >= 15 is 0 Å². The van der Waals surface area contributed by atoms with Crippen molar-refractivity contribution in [3.8, 4) is 5.75 Å². The summed E-state index contributed by atoms with van der Waals surface area (Å²) in [6.45, 7) is 12.6. The Hall–Kier alpha value is -2.64. The minimum Gasteiger partial charge on any atom is -0.494 e. The van der Waals surface area contributed by atoms with Crippen LogP contribution in [-0.4, -0.2) is 61.7 Å². The molecule has 34 heavy (non-hydrogen) atoms. The third-order valence-corrected chi connectivity index (χ3v) is 7.37. The van der Waals surface area contributed by atoms with Crippen LogP contribution in [0.2, 0.25) is 0 Å². The highest BCUT2D eigenvalue weighted by Crippen LogP contribution is 2.32. The standard InChI is InChI=1S/C27H36N4O2S/c1-4-5-6-17-33-23-9-7-22(8-10-23)26(32)28-11-12-30-13-15-31(16-14-30)27-29-25-21(3)18-20(2)19-24(25)34-27/h7-10,18-19H,4-6,11-17H2,1-3H3,(H,28,32). The minimum absolute atomic E-state index is 0.0312. The molecule has 0 atom stereocenters. The van der Waals surface area contributed by atoms with Crippen molar-refractivity contribution in [2.24, 2.45) is 0 Å². The van der Waals surface area contributed by atoms with Gasteiger partial charge in [0.15, 0.2) is 5.13 Å². The highest BCUT2D eigenvalue weighted by molar-refractivity contribution is 7.22. The zero-order chi connectivity index (χ0) is 23.9. The number of carbonyl (C=O) groups excluding carboxylic acids is 1. The summed E-state index contributed by atoms with van der Waals surface area (Å²) in [6, 6.07) is 11.9. The van der Waals surface area contributed by atoms with Gasteiger partial charge < -0.3 is 15.0 Å². The third-order valence-electron chi connectivity index (χ3n) is 6.31. The van der Waals surface area contributed by atoms with Gasteiger partial charge in [0.2, 0.25) is 0 Å². The Balaban J connectivity index is 1.19. The smallest absolute Gasteiger partial charge is 0.251 e. The lowest BCUT2D eigenvalue weighted by Crippen LogP contribution is -2.48. The fourth-order valence-electron chi connectivity index (χ4n) is 4.33. The normalized spacial score (nSPS) is 14.5. The molecule has 182 valence electrons. The lowest BCUT2D eigenvalue weighted by atomic mass is 10.1.